The van der Waals surface area contributed by atoms with Crippen LogP contribution in [-0.4, -0.2) is 53.2 Å². The van der Waals surface area contributed by atoms with Gasteiger partial charge in [0.05, 0.1) is 6.61 Å². The molecule has 9 heteroatoms. The van der Waals surface area contributed by atoms with Crippen LogP contribution in [0.5, 0.6) is 0 Å². The third kappa shape index (κ3) is 3.32. The maximum Gasteiger partial charge on any atom is 0.344 e. The zero-order valence-electron chi connectivity index (χ0n) is 8.44. The van der Waals surface area contributed by atoms with Gasteiger partial charge in [0.2, 0.25) is 0 Å². The van der Waals surface area contributed by atoms with Crippen LogP contribution in [0.2, 0.25) is 0 Å². The van der Waals surface area contributed by atoms with Crippen molar-refractivity contribution in [3.8, 4) is 0 Å². The summed E-state index contributed by atoms with van der Waals surface area (Å²) in [7, 11) is -3.29. The van der Waals surface area contributed by atoms with E-state index in [9.17, 15) is 9.36 Å². The van der Waals surface area contributed by atoms with E-state index in [1.807, 2.05) is 0 Å². The average Bonchev–Trinajstić information content (AvgIpc) is 2.62. The van der Waals surface area contributed by atoms with Crippen molar-refractivity contribution in [2.24, 2.45) is 0 Å². The number of nitrogens with zero attached hydrogens (tertiary/aromatic N) is 1. The molecule has 16 heavy (non-hydrogen) atoms. The van der Waals surface area contributed by atoms with Crippen molar-refractivity contribution in [2.75, 3.05) is 31.5 Å². The molecule has 1 fully saturated rings. The van der Waals surface area contributed by atoms with Gasteiger partial charge in [0, 0.05) is 24.8 Å². The Morgan fingerprint density at radius 2 is 2.06 bits per heavy atom. The first-order valence-corrected chi connectivity index (χ1v) is 7.30. The number of nitrogens with one attached hydrogen (secondary N) is 1. The molecule has 1 saturated heterocycles. The fourth-order valence-electron chi connectivity index (χ4n) is 1.31. The lowest BCUT2D eigenvalue weighted by atomic mass is 10.3. The van der Waals surface area contributed by atoms with Gasteiger partial charge in [-0.05, 0) is 0 Å². The molecule has 1 aliphatic heterocycles. The zero-order chi connectivity index (χ0) is 12.2. The number of carbonyl (C=O) groups is 1. The largest absolute Gasteiger partial charge is 0.480 e. The molecule has 1 aliphatic rings. The molecule has 2 N–H and O–H groups in total. The van der Waals surface area contributed by atoms with Crippen molar-refractivity contribution < 1.29 is 19.0 Å². The predicted molar refractivity (Wildman–Crippen MR) is 61.1 cm³/mol. The van der Waals surface area contributed by atoms with E-state index in [0.29, 0.717) is 13.1 Å². The minimum atomic E-state index is -3.29. The molecular formula is C7H13Cl2N2O4P. The third-order valence-electron chi connectivity index (χ3n) is 2.09. The van der Waals surface area contributed by atoms with Gasteiger partial charge in [-0.1, -0.05) is 0 Å². The molecule has 1 rings (SSSR count). The van der Waals surface area contributed by atoms with Gasteiger partial charge in [0.15, 0.2) is 0 Å². The van der Waals surface area contributed by atoms with Crippen LogP contribution in [0.1, 0.15) is 0 Å². The second-order valence-corrected chi connectivity index (χ2v) is 6.05. The third-order valence-corrected chi connectivity index (χ3v) is 4.71. The molecule has 0 saturated carbocycles. The van der Waals surface area contributed by atoms with E-state index in [0.717, 1.165) is 0 Å². The van der Waals surface area contributed by atoms with Crippen LogP contribution in [0.25, 0.3) is 0 Å². The van der Waals surface area contributed by atoms with Crippen molar-refractivity contribution in [1.29, 1.82) is 0 Å². The lowest BCUT2D eigenvalue weighted by Crippen LogP contribution is -2.35. The minimum Gasteiger partial charge on any atom is -0.480 e. The Labute approximate surface area is 103 Å². The van der Waals surface area contributed by atoms with E-state index in [-0.39, 0.29) is 18.4 Å². The second-order valence-electron chi connectivity index (χ2n) is 3.17. The Bertz CT molecular complexity index is 298. The van der Waals surface area contributed by atoms with E-state index < -0.39 is 19.7 Å². The van der Waals surface area contributed by atoms with E-state index in [1.165, 1.54) is 4.67 Å². The quantitative estimate of drug-likeness (QED) is 0.560. The van der Waals surface area contributed by atoms with E-state index in [4.69, 9.17) is 32.8 Å². The number of halogens is 2. The number of aliphatic carboxylic acids is 1. The monoisotopic (exact) mass is 290 g/mol. The van der Waals surface area contributed by atoms with Gasteiger partial charge >= 0.3 is 13.6 Å². The summed E-state index contributed by atoms with van der Waals surface area (Å²) in [6, 6.07) is -0.945. The first-order valence-electron chi connectivity index (χ1n) is 4.66. The van der Waals surface area contributed by atoms with Crippen molar-refractivity contribution in [1.82, 2.24) is 9.76 Å². The van der Waals surface area contributed by atoms with Crippen molar-refractivity contribution in [3.05, 3.63) is 0 Å². The molecule has 6 nitrogen and oxygen atoms in total. The number of hydrogen-bond acceptors (Lipinski definition) is 3. The summed E-state index contributed by atoms with van der Waals surface area (Å²) in [5.41, 5.74) is 0. The molecule has 2 atom stereocenters. The lowest BCUT2D eigenvalue weighted by Gasteiger charge is -2.25. The van der Waals surface area contributed by atoms with E-state index >= 15 is 0 Å². The summed E-state index contributed by atoms with van der Waals surface area (Å²) in [5.74, 6) is -0.553. The van der Waals surface area contributed by atoms with Crippen LogP contribution < -0.4 is 5.09 Å². The number of hydrogen-bond donors (Lipinski definition) is 2. The number of alkyl halides is 2. The smallest absolute Gasteiger partial charge is 0.344 e. The summed E-state index contributed by atoms with van der Waals surface area (Å²) in [4.78, 5) is 10.7. The average molecular weight is 291 g/mol. The molecule has 1 heterocycles. The standard InChI is InChI=1S/C7H13Cl2N2O4P/c8-1-3-11(4-2-9)16(14)10-6(5-15-16)7(12)13/h6H,1-5H2,(H,10,14)(H,12,13)/t6-,16-/m0/s1. The van der Waals surface area contributed by atoms with Crippen LogP contribution in [0.15, 0.2) is 0 Å². The van der Waals surface area contributed by atoms with Gasteiger partial charge in [0.1, 0.15) is 6.04 Å². The Balaban J connectivity index is 2.69. The summed E-state index contributed by atoms with van der Waals surface area (Å²) in [6.45, 7) is 0.531. The Morgan fingerprint density at radius 1 is 1.50 bits per heavy atom. The van der Waals surface area contributed by atoms with Crippen LogP contribution in [0.3, 0.4) is 0 Å². The number of rotatable bonds is 6. The Morgan fingerprint density at radius 3 is 2.44 bits per heavy atom. The number of carboxylic acids is 1. The van der Waals surface area contributed by atoms with E-state index in [2.05, 4.69) is 5.09 Å². The minimum absolute atomic E-state index is 0.117. The molecule has 0 aromatic rings. The molecule has 0 aliphatic carbocycles. The first-order chi connectivity index (χ1) is 7.53. The maximum atomic E-state index is 12.2. The topological polar surface area (TPSA) is 78.9 Å². The fraction of sp³-hybridized carbons (Fsp3) is 0.857. The van der Waals surface area contributed by atoms with Crippen molar-refractivity contribution >= 4 is 36.8 Å². The Kier molecular flexibility index (Phi) is 5.50. The molecule has 0 unspecified atom stereocenters. The summed E-state index contributed by atoms with van der Waals surface area (Å²) < 4.78 is 18.7. The predicted octanol–water partition coefficient (Wildman–Crippen LogP) is 0.947. The highest BCUT2D eigenvalue weighted by Gasteiger charge is 2.42. The Hall–Kier alpha value is 0.160. The summed E-state index contributed by atoms with van der Waals surface area (Å²) in [6.07, 6.45) is 0. The molecule has 0 aromatic carbocycles. The SMILES string of the molecule is O=C(O)[C@@H]1CO[P@](=O)(N(CCCl)CCCl)N1. The molecular weight excluding hydrogens is 278 g/mol. The normalized spacial score (nSPS) is 29.8. The number of carboxylic acid groups (broad SMARTS) is 1. The van der Waals surface area contributed by atoms with Gasteiger partial charge < -0.3 is 9.63 Å². The van der Waals surface area contributed by atoms with Crippen LogP contribution in [-0.2, 0) is 13.9 Å². The van der Waals surface area contributed by atoms with Crippen LogP contribution >= 0.6 is 30.9 Å². The van der Waals surface area contributed by atoms with Gasteiger partial charge in [-0.3, -0.25) is 9.36 Å². The van der Waals surface area contributed by atoms with Gasteiger partial charge in [-0.2, -0.15) is 0 Å². The lowest BCUT2D eigenvalue weighted by molar-refractivity contribution is -0.139. The molecule has 0 spiro atoms. The highest BCUT2D eigenvalue weighted by atomic mass is 35.5. The maximum absolute atomic E-state index is 12.2. The molecule has 0 bridgehead atoms. The molecule has 0 amide bonds. The van der Waals surface area contributed by atoms with Crippen molar-refractivity contribution in [2.45, 2.75) is 6.04 Å². The second kappa shape index (κ2) is 6.19. The van der Waals surface area contributed by atoms with Gasteiger partial charge in [-0.15, -0.1) is 23.2 Å². The molecule has 0 radical (unpaired) electrons. The zero-order valence-corrected chi connectivity index (χ0v) is 10.8. The van der Waals surface area contributed by atoms with Crippen LogP contribution in [0, 0.1) is 0 Å². The fourth-order valence-corrected chi connectivity index (χ4v) is 4.01. The highest BCUT2D eigenvalue weighted by molar-refractivity contribution is 7.54. The van der Waals surface area contributed by atoms with Crippen molar-refractivity contribution in [3.63, 3.8) is 0 Å². The molecule has 94 valence electrons. The molecule has 0 aromatic heterocycles. The van der Waals surface area contributed by atoms with Gasteiger partial charge in [-0.25, -0.2) is 9.76 Å². The summed E-state index contributed by atoms with van der Waals surface area (Å²) >= 11 is 11.1. The van der Waals surface area contributed by atoms with Gasteiger partial charge in [0.25, 0.3) is 0 Å². The first kappa shape index (κ1) is 14.2. The summed E-state index contributed by atoms with van der Waals surface area (Å²) in [5, 5.41) is 11.2. The highest BCUT2D eigenvalue weighted by Crippen LogP contribution is 2.50. The van der Waals surface area contributed by atoms with E-state index in [1.54, 1.807) is 0 Å². The van der Waals surface area contributed by atoms with Crippen LogP contribution in [0.4, 0.5) is 0 Å².